The molecular formula is C27H28B3FN8O5. The van der Waals surface area contributed by atoms with Gasteiger partial charge in [0.05, 0.1) is 60.4 Å². The van der Waals surface area contributed by atoms with Gasteiger partial charge in [0.2, 0.25) is 5.91 Å². The van der Waals surface area contributed by atoms with Gasteiger partial charge in [-0.3, -0.25) is 19.1 Å². The summed E-state index contributed by atoms with van der Waals surface area (Å²) in [6.07, 6.45) is 2.96. The zero-order valence-corrected chi connectivity index (χ0v) is 24.1. The van der Waals surface area contributed by atoms with Crippen molar-refractivity contribution in [1.29, 1.82) is 0 Å². The van der Waals surface area contributed by atoms with E-state index in [1.165, 1.54) is 30.0 Å². The maximum atomic E-state index is 15.1. The Morgan fingerprint density at radius 3 is 2.52 bits per heavy atom. The smallest absolute Gasteiger partial charge is 0.272 e. The summed E-state index contributed by atoms with van der Waals surface area (Å²) in [5.41, 5.74) is 0.402. The summed E-state index contributed by atoms with van der Waals surface area (Å²) in [4.78, 5) is 40.2. The monoisotopic (exact) mass is 596 g/mol. The number of methoxy groups -OCH3 is 1. The molecule has 17 heteroatoms. The maximum Gasteiger partial charge on any atom is 0.272 e. The second-order valence-electron chi connectivity index (χ2n) is 10.8. The highest BCUT2D eigenvalue weighted by Crippen LogP contribution is 2.39. The SMILES string of the molecule is [B]C([B])([B])NC(=O)c1nnc(NC(=O)C2CC2)cc1Nc1cc(F)cc(-c2cc(C(=O)N3CCC[C@H]3CO)n(C)n2)c1OC. The lowest BCUT2D eigenvalue weighted by Gasteiger charge is -2.23. The van der Waals surface area contributed by atoms with Crippen molar-refractivity contribution in [1.82, 2.24) is 30.2 Å². The standard InChI is InChI=1S/C27H28B3FN8O5/c1-38-20(26(43)39-7-3-4-15(39)12-40)10-17(37-38)16-8-14(31)9-19(23(16)44-2)32-18-11-21(33-24(41)13-5-6-13)35-36-22(18)25(42)34-27(28,29)30/h8-11,13,15,40H,3-7,12H2,1-2H3,(H,34,42)(H2,32,33,35,41)/t15-/m0/s1. The van der Waals surface area contributed by atoms with Crippen LogP contribution in [-0.4, -0.2) is 103 Å². The van der Waals surface area contributed by atoms with Crippen LogP contribution in [0.1, 0.15) is 46.7 Å². The summed E-state index contributed by atoms with van der Waals surface area (Å²) < 4.78 is 22.1. The lowest BCUT2D eigenvalue weighted by atomic mass is 9.49. The maximum absolute atomic E-state index is 15.1. The first kappa shape index (κ1) is 31.0. The molecule has 1 aromatic carbocycles. The summed E-state index contributed by atoms with van der Waals surface area (Å²) >= 11 is 0. The van der Waals surface area contributed by atoms with E-state index in [0.717, 1.165) is 25.3 Å². The third-order valence-electron chi connectivity index (χ3n) is 7.29. The number of hydrogen-bond acceptors (Lipinski definition) is 9. The van der Waals surface area contributed by atoms with Crippen LogP contribution in [0.4, 0.5) is 21.6 Å². The summed E-state index contributed by atoms with van der Waals surface area (Å²) in [6, 6.07) is 4.87. The molecule has 6 radical (unpaired) electrons. The number of nitrogens with zero attached hydrogens (tertiary/aromatic N) is 5. The molecule has 2 fully saturated rings. The quantitative estimate of drug-likeness (QED) is 0.245. The highest BCUT2D eigenvalue weighted by atomic mass is 19.1. The number of amides is 3. The van der Waals surface area contributed by atoms with E-state index < -0.39 is 17.0 Å². The molecule has 2 aromatic heterocycles. The largest absolute Gasteiger partial charge is 0.494 e. The van der Waals surface area contributed by atoms with E-state index >= 15 is 4.39 Å². The predicted octanol–water partition coefficient (Wildman–Crippen LogP) is 0.560. The second kappa shape index (κ2) is 12.3. The minimum atomic E-state index is -2.08. The second-order valence-corrected chi connectivity index (χ2v) is 10.8. The van der Waals surface area contributed by atoms with E-state index in [4.69, 9.17) is 28.3 Å². The van der Waals surface area contributed by atoms with Crippen LogP contribution in [-0.2, 0) is 11.8 Å². The van der Waals surface area contributed by atoms with E-state index in [1.54, 1.807) is 11.9 Å². The normalized spacial score (nSPS) is 16.5. The van der Waals surface area contributed by atoms with E-state index in [9.17, 15) is 19.5 Å². The van der Waals surface area contributed by atoms with Crippen molar-refractivity contribution in [2.45, 2.75) is 37.0 Å². The number of benzene rings is 1. The van der Waals surface area contributed by atoms with Gasteiger partial charge in [0.25, 0.3) is 11.8 Å². The molecule has 1 saturated heterocycles. The van der Waals surface area contributed by atoms with Crippen molar-refractivity contribution in [2.24, 2.45) is 13.0 Å². The lowest BCUT2D eigenvalue weighted by molar-refractivity contribution is -0.117. The Labute approximate surface area is 256 Å². The fourth-order valence-electron chi connectivity index (χ4n) is 5.03. The number of likely N-dealkylation sites (tertiary alicyclic amines) is 1. The first-order valence-electron chi connectivity index (χ1n) is 13.9. The van der Waals surface area contributed by atoms with Crippen LogP contribution >= 0.6 is 0 Å². The molecule has 2 aliphatic rings. The molecular weight excluding hydrogens is 568 g/mol. The molecule has 3 aromatic rings. The molecule has 3 heterocycles. The van der Waals surface area contributed by atoms with Gasteiger partial charge in [-0.1, -0.05) is 5.24 Å². The molecule has 0 bridgehead atoms. The Morgan fingerprint density at radius 2 is 1.86 bits per heavy atom. The third kappa shape index (κ3) is 6.72. The Balaban J connectivity index is 1.52. The average Bonchev–Trinajstić information content (AvgIpc) is 3.58. The number of aliphatic hydroxyl groups is 1. The Morgan fingerprint density at radius 1 is 1.11 bits per heavy atom. The fourth-order valence-corrected chi connectivity index (χ4v) is 5.03. The first-order valence-corrected chi connectivity index (χ1v) is 13.9. The number of anilines is 3. The minimum Gasteiger partial charge on any atom is -0.494 e. The summed E-state index contributed by atoms with van der Waals surface area (Å²) in [7, 11) is 19.5. The summed E-state index contributed by atoms with van der Waals surface area (Å²) in [6.45, 7) is 0.350. The van der Waals surface area contributed by atoms with Crippen molar-refractivity contribution in [3.63, 3.8) is 0 Å². The Bertz CT molecular complexity index is 1610. The van der Waals surface area contributed by atoms with Crippen molar-refractivity contribution in [3.05, 3.63) is 41.5 Å². The van der Waals surface area contributed by atoms with E-state index in [2.05, 4.69) is 31.2 Å². The van der Waals surface area contributed by atoms with Gasteiger partial charge in [0.1, 0.15) is 11.5 Å². The van der Waals surface area contributed by atoms with Crippen molar-refractivity contribution >= 4 is 58.5 Å². The summed E-state index contributed by atoms with van der Waals surface area (Å²) in [5, 5.41) is 27.6. The number of rotatable bonds is 10. The number of aryl methyl sites for hydroxylation is 1. The van der Waals surface area contributed by atoms with Gasteiger partial charge in [0.15, 0.2) is 17.3 Å². The lowest BCUT2D eigenvalue weighted by Crippen LogP contribution is -2.50. The average molecular weight is 596 g/mol. The molecule has 1 aliphatic carbocycles. The van der Waals surface area contributed by atoms with Gasteiger partial charge >= 0.3 is 0 Å². The van der Waals surface area contributed by atoms with Gasteiger partial charge < -0.3 is 30.7 Å². The van der Waals surface area contributed by atoms with Crippen molar-refractivity contribution in [2.75, 3.05) is 30.9 Å². The molecule has 1 aliphatic heterocycles. The van der Waals surface area contributed by atoms with Crippen LogP contribution in [0, 0.1) is 11.7 Å². The predicted molar refractivity (Wildman–Crippen MR) is 160 cm³/mol. The molecule has 222 valence electrons. The van der Waals surface area contributed by atoms with Gasteiger partial charge in [-0.15, -0.1) is 10.2 Å². The first-order chi connectivity index (χ1) is 20.9. The van der Waals surface area contributed by atoms with Gasteiger partial charge in [0, 0.05) is 37.2 Å². The fraction of sp³-hybridized carbons (Fsp3) is 0.407. The number of nitrogens with one attached hydrogen (secondary N) is 3. The highest BCUT2D eigenvalue weighted by Gasteiger charge is 2.32. The zero-order chi connectivity index (χ0) is 31.8. The third-order valence-corrected chi connectivity index (χ3v) is 7.29. The Kier molecular flexibility index (Phi) is 8.68. The number of aliphatic hydroxyl groups excluding tert-OH is 1. The van der Waals surface area contributed by atoms with Crippen LogP contribution in [0.25, 0.3) is 11.3 Å². The molecule has 3 amide bonds. The molecule has 0 spiro atoms. The van der Waals surface area contributed by atoms with Gasteiger partial charge in [-0.05, 0) is 37.8 Å². The van der Waals surface area contributed by atoms with Crippen molar-refractivity contribution in [3.8, 4) is 17.0 Å². The Hall–Kier alpha value is -4.40. The molecule has 0 unspecified atom stereocenters. The molecule has 13 nitrogen and oxygen atoms in total. The number of aromatic nitrogens is 4. The van der Waals surface area contributed by atoms with E-state index in [0.29, 0.717) is 13.0 Å². The van der Waals surface area contributed by atoms with Crippen LogP contribution in [0.2, 0.25) is 0 Å². The zero-order valence-electron chi connectivity index (χ0n) is 24.1. The number of carbonyl (C=O) groups excluding carboxylic acids is 3. The molecule has 1 atom stereocenters. The van der Waals surface area contributed by atoms with Crippen molar-refractivity contribution < 1.29 is 28.6 Å². The topological polar surface area (TPSA) is 164 Å². The molecule has 5 rings (SSSR count). The van der Waals surface area contributed by atoms with Crippen LogP contribution < -0.4 is 20.7 Å². The number of halogens is 1. The van der Waals surface area contributed by atoms with Crippen LogP contribution in [0.15, 0.2) is 24.3 Å². The van der Waals surface area contributed by atoms with E-state index in [1.807, 2.05) is 0 Å². The molecule has 4 N–H and O–H groups in total. The number of ether oxygens (including phenoxy) is 1. The summed E-state index contributed by atoms with van der Waals surface area (Å²) in [5.74, 6) is -2.14. The minimum absolute atomic E-state index is 0.0105. The van der Waals surface area contributed by atoms with E-state index in [-0.39, 0.29) is 76.0 Å². The van der Waals surface area contributed by atoms with Gasteiger partial charge in [-0.2, -0.15) is 5.10 Å². The molecule has 44 heavy (non-hydrogen) atoms. The number of carbonyl (C=O) groups is 3. The molecule has 1 saturated carbocycles. The highest BCUT2D eigenvalue weighted by molar-refractivity contribution is 6.60. The number of hydrogen-bond donors (Lipinski definition) is 4. The van der Waals surface area contributed by atoms with Crippen LogP contribution in [0.3, 0.4) is 0 Å². The van der Waals surface area contributed by atoms with Crippen LogP contribution in [0.5, 0.6) is 5.75 Å². The van der Waals surface area contributed by atoms with Gasteiger partial charge in [-0.25, -0.2) is 4.39 Å².